The second-order valence-corrected chi connectivity index (χ2v) is 5.11. The van der Waals surface area contributed by atoms with Crippen LogP contribution in [0.15, 0.2) is 24.3 Å². The van der Waals surface area contributed by atoms with Gasteiger partial charge in [-0.05, 0) is 37.3 Å². The maximum atomic E-state index is 10.6. The van der Waals surface area contributed by atoms with E-state index in [4.69, 9.17) is 0 Å². The quantitative estimate of drug-likeness (QED) is 0.586. The zero-order valence-electron chi connectivity index (χ0n) is 15.3. The molecule has 0 saturated heterocycles. The van der Waals surface area contributed by atoms with Crippen LogP contribution in [-0.2, 0) is 44.7 Å². The van der Waals surface area contributed by atoms with Gasteiger partial charge in [0.1, 0.15) is 5.60 Å². The first-order valence-corrected chi connectivity index (χ1v) is 7.93. The second kappa shape index (κ2) is 10.6. The Balaban J connectivity index is 0. The van der Waals surface area contributed by atoms with Gasteiger partial charge in [0, 0.05) is 43.6 Å². The van der Waals surface area contributed by atoms with Crippen LogP contribution in [0, 0.1) is 13.3 Å². The van der Waals surface area contributed by atoms with Gasteiger partial charge in [0.15, 0.2) is 0 Å². The molecule has 1 aliphatic rings. The monoisotopic (exact) mass is 379 g/mol. The molecule has 0 fully saturated rings. The fourth-order valence-corrected chi connectivity index (χ4v) is 2.78. The van der Waals surface area contributed by atoms with Crippen LogP contribution in [0.5, 0.6) is 0 Å². The van der Waals surface area contributed by atoms with Crippen LogP contribution in [0.3, 0.4) is 0 Å². The number of hydrogen-bond donors (Lipinski definition) is 2. The summed E-state index contributed by atoms with van der Waals surface area (Å²) in [5.74, 6) is 0.313. The molecule has 22 heavy (non-hydrogen) atoms. The van der Waals surface area contributed by atoms with Crippen molar-refractivity contribution >= 4 is 10.9 Å². The third-order valence-corrected chi connectivity index (χ3v) is 4.11. The van der Waals surface area contributed by atoms with Gasteiger partial charge in [-0.1, -0.05) is 52.8 Å². The van der Waals surface area contributed by atoms with Gasteiger partial charge in [0.2, 0.25) is 0 Å². The maximum Gasteiger partial charge on any atom is 0.104 e. The standard InChI is InChI=1S/C14H17NO.2C2H6.CH3.Y/c1-9-7-8-11-10-5-3-4-6-12(10)15-13(11)14(9,2)16;2*1-2;;/h3-6,9,15-16H,7-8H2,1-2H3;2*1-2H3;1H3;/q;;;-1;. The van der Waals surface area contributed by atoms with Gasteiger partial charge >= 0.3 is 0 Å². The Morgan fingerprint density at radius 2 is 1.68 bits per heavy atom. The zero-order chi connectivity index (χ0) is 15.3. The van der Waals surface area contributed by atoms with E-state index in [1.165, 1.54) is 10.9 Å². The summed E-state index contributed by atoms with van der Waals surface area (Å²) in [6.07, 6.45) is 2.12. The first-order valence-electron chi connectivity index (χ1n) is 7.93. The number of H-pyrrole nitrogens is 1. The van der Waals surface area contributed by atoms with Crippen molar-refractivity contribution in [2.45, 2.75) is 60.0 Å². The minimum Gasteiger partial charge on any atom is -0.384 e. The first kappa shape index (κ1) is 24.1. The Labute approximate surface area is 162 Å². The number of benzene rings is 1. The van der Waals surface area contributed by atoms with Crippen molar-refractivity contribution in [1.82, 2.24) is 4.98 Å². The number of fused-ring (bicyclic) bond motifs is 3. The molecule has 1 aromatic heterocycles. The molecule has 3 heteroatoms. The Morgan fingerprint density at radius 1 is 1.14 bits per heavy atom. The van der Waals surface area contributed by atoms with Crippen LogP contribution in [0.25, 0.3) is 10.9 Å². The molecule has 2 N–H and O–H groups in total. The molecular formula is C19H32NOY-. The fourth-order valence-electron chi connectivity index (χ4n) is 2.78. The number of hydrogen-bond acceptors (Lipinski definition) is 1. The summed E-state index contributed by atoms with van der Waals surface area (Å²) in [6.45, 7) is 12.0. The second-order valence-electron chi connectivity index (χ2n) is 5.11. The Hall–Kier alpha value is -0.176. The average molecular weight is 379 g/mol. The number of nitrogens with one attached hydrogen (secondary N) is 1. The molecular weight excluding hydrogens is 347 g/mol. The number of aromatic amines is 1. The van der Waals surface area contributed by atoms with E-state index >= 15 is 0 Å². The molecule has 1 radical (unpaired) electrons. The van der Waals surface area contributed by atoms with E-state index in [0.29, 0.717) is 5.92 Å². The normalized spacial score (nSPS) is 21.9. The summed E-state index contributed by atoms with van der Waals surface area (Å²) >= 11 is 0. The van der Waals surface area contributed by atoms with Crippen LogP contribution >= 0.6 is 0 Å². The van der Waals surface area contributed by atoms with Gasteiger partial charge in [0.25, 0.3) is 0 Å². The minimum absolute atomic E-state index is 0. The van der Waals surface area contributed by atoms with E-state index in [1.54, 1.807) is 0 Å². The molecule has 1 aromatic carbocycles. The number of aryl methyl sites for hydroxylation is 1. The Morgan fingerprint density at radius 3 is 2.27 bits per heavy atom. The van der Waals surface area contributed by atoms with Gasteiger partial charge in [-0.3, -0.25) is 0 Å². The van der Waals surface area contributed by atoms with E-state index in [0.717, 1.165) is 24.1 Å². The molecule has 2 aromatic rings. The number of para-hydroxylation sites is 1. The molecule has 2 nitrogen and oxygen atoms in total. The smallest absolute Gasteiger partial charge is 0.104 e. The van der Waals surface area contributed by atoms with Crippen LogP contribution < -0.4 is 0 Å². The largest absolute Gasteiger partial charge is 0.384 e. The zero-order valence-corrected chi connectivity index (χ0v) is 18.2. The summed E-state index contributed by atoms with van der Waals surface area (Å²) in [6, 6.07) is 8.30. The fraction of sp³-hybridized carbons (Fsp3) is 0.526. The molecule has 0 spiro atoms. The van der Waals surface area contributed by atoms with Crippen LogP contribution in [0.4, 0.5) is 0 Å². The maximum absolute atomic E-state index is 10.6. The molecule has 3 rings (SSSR count). The predicted molar refractivity (Wildman–Crippen MR) is 94.5 cm³/mol. The van der Waals surface area contributed by atoms with Crippen LogP contribution in [0.2, 0.25) is 0 Å². The Bertz CT molecular complexity index is 545. The van der Waals surface area contributed by atoms with Gasteiger partial charge in [-0.25, -0.2) is 0 Å². The van der Waals surface area contributed by atoms with E-state index in [1.807, 2.05) is 40.7 Å². The number of aliphatic hydroxyl groups is 1. The van der Waals surface area contributed by atoms with Crippen molar-refractivity contribution in [3.05, 3.63) is 42.9 Å². The molecule has 0 amide bonds. The van der Waals surface area contributed by atoms with Gasteiger partial charge in [-0.2, -0.15) is 0 Å². The van der Waals surface area contributed by atoms with E-state index in [2.05, 4.69) is 30.1 Å². The average Bonchev–Trinajstić information content (AvgIpc) is 2.88. The Kier molecular flexibility index (Phi) is 11.6. The van der Waals surface area contributed by atoms with Gasteiger partial charge in [-0.15, -0.1) is 0 Å². The van der Waals surface area contributed by atoms with Crippen molar-refractivity contribution < 1.29 is 37.8 Å². The van der Waals surface area contributed by atoms with E-state index in [9.17, 15) is 5.11 Å². The summed E-state index contributed by atoms with van der Waals surface area (Å²) in [7, 11) is 0. The van der Waals surface area contributed by atoms with Gasteiger partial charge in [0.05, 0.1) is 5.69 Å². The van der Waals surface area contributed by atoms with Crippen molar-refractivity contribution in [3.8, 4) is 0 Å². The van der Waals surface area contributed by atoms with Crippen molar-refractivity contribution in [2.75, 3.05) is 0 Å². The minimum atomic E-state index is -0.716. The van der Waals surface area contributed by atoms with E-state index < -0.39 is 5.60 Å². The van der Waals surface area contributed by atoms with Crippen molar-refractivity contribution in [3.63, 3.8) is 0 Å². The molecule has 123 valence electrons. The molecule has 1 heterocycles. The van der Waals surface area contributed by atoms with Crippen LogP contribution in [-0.4, -0.2) is 10.1 Å². The number of aromatic nitrogens is 1. The van der Waals surface area contributed by atoms with Gasteiger partial charge < -0.3 is 17.5 Å². The summed E-state index contributed by atoms with van der Waals surface area (Å²) in [5.41, 5.74) is 2.75. The molecule has 0 saturated carbocycles. The third kappa shape index (κ3) is 4.43. The first-order chi connectivity index (χ1) is 9.60. The molecule has 2 atom stereocenters. The SMILES string of the molecule is CC.CC.CC1CCc2c([nH]c3ccccc23)C1(C)O.[CH3-].[Y]. The van der Waals surface area contributed by atoms with Crippen molar-refractivity contribution in [2.24, 2.45) is 5.92 Å². The molecule has 0 bridgehead atoms. The topological polar surface area (TPSA) is 36.0 Å². The van der Waals surface area contributed by atoms with Crippen molar-refractivity contribution in [1.29, 1.82) is 0 Å². The summed E-state index contributed by atoms with van der Waals surface area (Å²) in [5, 5.41) is 11.8. The van der Waals surface area contributed by atoms with E-state index in [-0.39, 0.29) is 40.1 Å². The third-order valence-electron chi connectivity index (χ3n) is 4.11. The number of rotatable bonds is 0. The molecule has 0 aliphatic heterocycles. The summed E-state index contributed by atoms with van der Waals surface area (Å²) < 4.78 is 0. The molecule has 1 aliphatic carbocycles. The molecule has 2 unspecified atom stereocenters. The van der Waals surface area contributed by atoms with Crippen LogP contribution in [0.1, 0.15) is 59.2 Å². The predicted octanol–water partition coefficient (Wildman–Crippen LogP) is 5.46. The summed E-state index contributed by atoms with van der Waals surface area (Å²) in [4.78, 5) is 3.39.